The molecule has 4 heteroatoms. The van der Waals surface area contributed by atoms with E-state index in [-0.39, 0.29) is 5.91 Å². The van der Waals surface area contributed by atoms with Gasteiger partial charge in [0.05, 0.1) is 12.3 Å². The van der Waals surface area contributed by atoms with Crippen molar-refractivity contribution in [2.75, 3.05) is 6.61 Å². The molecule has 0 radical (unpaired) electrons. The maximum absolute atomic E-state index is 11.5. The van der Waals surface area contributed by atoms with Crippen molar-refractivity contribution in [2.45, 2.75) is 34.1 Å². The molecule has 1 N–H and O–H groups in total. The van der Waals surface area contributed by atoms with Gasteiger partial charge >= 0.3 is 0 Å². The van der Waals surface area contributed by atoms with Crippen molar-refractivity contribution in [3.63, 3.8) is 0 Å². The average Bonchev–Trinajstić information content (AvgIpc) is 2.36. The summed E-state index contributed by atoms with van der Waals surface area (Å²) in [5, 5.41) is 4.10. The van der Waals surface area contributed by atoms with Gasteiger partial charge in [-0.05, 0) is 49.6 Å². The fraction of sp³-hybridized carbons (Fsp3) is 0.467. The third-order valence-corrected chi connectivity index (χ3v) is 2.53. The van der Waals surface area contributed by atoms with E-state index < -0.39 is 0 Å². The molecule has 1 amide bonds. The SMILES string of the molecule is CCOc1ccc(/C(C)=N\NC(=O)CC(C)C)cc1. The lowest BCUT2D eigenvalue weighted by atomic mass is 10.1. The summed E-state index contributed by atoms with van der Waals surface area (Å²) in [6.07, 6.45) is 0.486. The molecule has 0 bridgehead atoms. The first-order valence-corrected chi connectivity index (χ1v) is 6.59. The van der Waals surface area contributed by atoms with E-state index in [1.807, 2.05) is 52.0 Å². The summed E-state index contributed by atoms with van der Waals surface area (Å²) in [7, 11) is 0. The van der Waals surface area contributed by atoms with E-state index in [1.54, 1.807) is 0 Å². The van der Waals surface area contributed by atoms with E-state index in [4.69, 9.17) is 4.74 Å². The van der Waals surface area contributed by atoms with E-state index in [0.717, 1.165) is 17.0 Å². The zero-order chi connectivity index (χ0) is 14.3. The molecule has 19 heavy (non-hydrogen) atoms. The maximum atomic E-state index is 11.5. The van der Waals surface area contributed by atoms with E-state index in [1.165, 1.54) is 0 Å². The van der Waals surface area contributed by atoms with Gasteiger partial charge in [-0.2, -0.15) is 5.10 Å². The molecule has 4 nitrogen and oxygen atoms in total. The average molecular weight is 262 g/mol. The van der Waals surface area contributed by atoms with Gasteiger partial charge in [0.2, 0.25) is 5.91 Å². The highest BCUT2D eigenvalue weighted by Crippen LogP contribution is 2.12. The van der Waals surface area contributed by atoms with Gasteiger partial charge in [-0.25, -0.2) is 5.43 Å². The number of hydrazone groups is 1. The van der Waals surface area contributed by atoms with Crippen LogP contribution in [0, 0.1) is 5.92 Å². The van der Waals surface area contributed by atoms with Crippen molar-refractivity contribution in [3.8, 4) is 5.75 Å². The molecule has 0 saturated heterocycles. The molecule has 0 aromatic heterocycles. The Balaban J connectivity index is 2.61. The highest BCUT2D eigenvalue weighted by molar-refractivity contribution is 5.99. The second-order valence-electron chi connectivity index (χ2n) is 4.79. The van der Waals surface area contributed by atoms with Crippen molar-refractivity contribution < 1.29 is 9.53 Å². The van der Waals surface area contributed by atoms with Crippen molar-refractivity contribution in [1.82, 2.24) is 5.43 Å². The van der Waals surface area contributed by atoms with E-state index in [2.05, 4.69) is 10.5 Å². The van der Waals surface area contributed by atoms with Crippen LogP contribution in [0.3, 0.4) is 0 Å². The van der Waals surface area contributed by atoms with E-state index >= 15 is 0 Å². The van der Waals surface area contributed by atoms with Crippen LogP contribution in [0.4, 0.5) is 0 Å². The number of carbonyl (C=O) groups excluding carboxylic acids is 1. The summed E-state index contributed by atoms with van der Waals surface area (Å²) in [5.74, 6) is 1.11. The summed E-state index contributed by atoms with van der Waals surface area (Å²) >= 11 is 0. The van der Waals surface area contributed by atoms with Gasteiger partial charge in [-0.15, -0.1) is 0 Å². The highest BCUT2D eigenvalue weighted by Gasteiger charge is 2.04. The molecule has 0 heterocycles. The normalized spacial score (nSPS) is 11.5. The summed E-state index contributed by atoms with van der Waals surface area (Å²) in [6, 6.07) is 7.65. The third-order valence-electron chi connectivity index (χ3n) is 2.53. The monoisotopic (exact) mass is 262 g/mol. The number of nitrogens with zero attached hydrogens (tertiary/aromatic N) is 1. The van der Waals surface area contributed by atoms with Crippen LogP contribution in [0.1, 0.15) is 39.7 Å². The smallest absolute Gasteiger partial charge is 0.240 e. The van der Waals surface area contributed by atoms with Gasteiger partial charge in [0, 0.05) is 6.42 Å². The number of benzene rings is 1. The predicted octanol–water partition coefficient (Wildman–Crippen LogP) is 2.97. The highest BCUT2D eigenvalue weighted by atomic mass is 16.5. The Morgan fingerprint density at radius 2 is 1.95 bits per heavy atom. The Kier molecular flexibility index (Phi) is 6.06. The summed E-state index contributed by atoms with van der Waals surface area (Å²) in [4.78, 5) is 11.5. The van der Waals surface area contributed by atoms with Crippen LogP contribution >= 0.6 is 0 Å². The molecule has 104 valence electrons. The predicted molar refractivity (Wildman–Crippen MR) is 77.4 cm³/mol. The molecule has 0 saturated carbocycles. The van der Waals surface area contributed by atoms with Crippen LogP contribution in [0.2, 0.25) is 0 Å². The van der Waals surface area contributed by atoms with Gasteiger partial charge in [-0.3, -0.25) is 4.79 Å². The lowest BCUT2D eigenvalue weighted by Gasteiger charge is -2.06. The van der Waals surface area contributed by atoms with Gasteiger partial charge < -0.3 is 4.74 Å². The molecular weight excluding hydrogens is 240 g/mol. The summed E-state index contributed by atoms with van der Waals surface area (Å²) in [6.45, 7) is 8.47. The number of ether oxygens (including phenoxy) is 1. The van der Waals surface area contributed by atoms with Crippen LogP contribution < -0.4 is 10.2 Å². The van der Waals surface area contributed by atoms with E-state index in [0.29, 0.717) is 18.9 Å². The number of rotatable bonds is 6. The second-order valence-corrected chi connectivity index (χ2v) is 4.79. The number of hydrogen-bond donors (Lipinski definition) is 1. The molecule has 0 atom stereocenters. The standard InChI is InChI=1S/C15H22N2O2/c1-5-19-14-8-6-13(7-9-14)12(4)16-17-15(18)10-11(2)3/h6-9,11H,5,10H2,1-4H3,(H,17,18)/b16-12-. The molecule has 0 spiro atoms. The van der Waals surface area contributed by atoms with E-state index in [9.17, 15) is 4.79 Å². The largest absolute Gasteiger partial charge is 0.494 e. The zero-order valence-corrected chi connectivity index (χ0v) is 12.1. The minimum Gasteiger partial charge on any atom is -0.494 e. The lowest BCUT2D eigenvalue weighted by molar-refractivity contribution is -0.121. The molecule has 0 aliphatic rings. The zero-order valence-electron chi connectivity index (χ0n) is 12.1. The summed E-state index contributed by atoms with van der Waals surface area (Å²) in [5.41, 5.74) is 4.31. The van der Waals surface area contributed by atoms with Crippen molar-refractivity contribution in [1.29, 1.82) is 0 Å². The Bertz CT molecular complexity index is 436. The molecule has 0 fully saturated rings. The number of amides is 1. The Labute approximate surface area is 114 Å². The molecular formula is C15H22N2O2. The Morgan fingerprint density at radius 1 is 1.32 bits per heavy atom. The lowest BCUT2D eigenvalue weighted by Crippen LogP contribution is -2.20. The van der Waals surface area contributed by atoms with Crippen LogP contribution in [-0.2, 0) is 4.79 Å². The molecule has 0 aliphatic carbocycles. The van der Waals surface area contributed by atoms with Crippen LogP contribution in [0.15, 0.2) is 29.4 Å². The fourth-order valence-electron chi connectivity index (χ4n) is 1.59. The second kappa shape index (κ2) is 7.56. The van der Waals surface area contributed by atoms with Crippen molar-refractivity contribution >= 4 is 11.6 Å². The Morgan fingerprint density at radius 3 is 2.47 bits per heavy atom. The molecule has 1 aromatic carbocycles. The number of nitrogens with one attached hydrogen (secondary N) is 1. The third kappa shape index (κ3) is 5.55. The molecule has 1 rings (SSSR count). The van der Waals surface area contributed by atoms with Gasteiger partial charge in [0.15, 0.2) is 0 Å². The molecule has 0 unspecified atom stereocenters. The van der Waals surface area contributed by atoms with Crippen molar-refractivity contribution in [3.05, 3.63) is 29.8 Å². The first-order valence-electron chi connectivity index (χ1n) is 6.59. The van der Waals surface area contributed by atoms with Gasteiger partial charge in [0.1, 0.15) is 5.75 Å². The quantitative estimate of drug-likeness (QED) is 0.633. The van der Waals surface area contributed by atoms with Gasteiger partial charge in [0.25, 0.3) is 0 Å². The first-order chi connectivity index (χ1) is 9.02. The maximum Gasteiger partial charge on any atom is 0.240 e. The van der Waals surface area contributed by atoms with Crippen LogP contribution in [0.25, 0.3) is 0 Å². The topological polar surface area (TPSA) is 50.7 Å². The molecule has 0 aliphatic heterocycles. The number of carbonyl (C=O) groups is 1. The Hall–Kier alpha value is -1.84. The minimum absolute atomic E-state index is 0.0553. The summed E-state index contributed by atoms with van der Waals surface area (Å²) < 4.78 is 5.37. The van der Waals surface area contributed by atoms with Crippen LogP contribution in [0.5, 0.6) is 5.75 Å². The molecule has 1 aromatic rings. The fourth-order valence-corrected chi connectivity index (χ4v) is 1.59. The van der Waals surface area contributed by atoms with Crippen LogP contribution in [-0.4, -0.2) is 18.2 Å². The minimum atomic E-state index is -0.0553. The first kappa shape index (κ1) is 15.2. The number of hydrogen-bond acceptors (Lipinski definition) is 3. The van der Waals surface area contributed by atoms with Crippen molar-refractivity contribution in [2.24, 2.45) is 11.0 Å². The van der Waals surface area contributed by atoms with Gasteiger partial charge in [-0.1, -0.05) is 13.8 Å².